The number of aromatic nitrogens is 1. The number of hydrogen-bond acceptors (Lipinski definition) is 4. The number of nitrogens with one attached hydrogen (secondary N) is 1. The van der Waals surface area contributed by atoms with E-state index in [1.54, 1.807) is 11.3 Å². The Labute approximate surface area is 143 Å². The summed E-state index contributed by atoms with van der Waals surface area (Å²) in [6.45, 7) is 6.93. The van der Waals surface area contributed by atoms with E-state index in [1.807, 2.05) is 5.38 Å². The summed E-state index contributed by atoms with van der Waals surface area (Å²) in [6.07, 6.45) is 2.73. The van der Waals surface area contributed by atoms with Crippen LogP contribution in [0.5, 0.6) is 0 Å². The Kier molecular flexibility index (Phi) is 8.18. The minimum absolute atomic E-state index is 0. The normalized spacial score (nSPS) is 15.6. The second-order valence-corrected chi connectivity index (χ2v) is 7.18. The predicted octanol–water partition coefficient (Wildman–Crippen LogP) is 2.68. The van der Waals surface area contributed by atoms with Crippen LogP contribution in [0.1, 0.15) is 44.3 Å². The maximum atomic E-state index is 12.0. The Morgan fingerprint density at radius 2 is 2.10 bits per heavy atom. The minimum Gasteiger partial charge on any atom is -0.351 e. The second-order valence-electron chi connectivity index (χ2n) is 6.32. The third-order valence-electron chi connectivity index (χ3n) is 3.33. The van der Waals surface area contributed by atoms with Crippen LogP contribution >= 0.6 is 36.2 Å². The van der Waals surface area contributed by atoms with E-state index in [-0.39, 0.29) is 42.2 Å². The number of amides is 1. The van der Waals surface area contributed by atoms with Gasteiger partial charge in [-0.1, -0.05) is 20.8 Å². The molecule has 0 radical (unpaired) electrons. The van der Waals surface area contributed by atoms with Gasteiger partial charge in [-0.25, -0.2) is 4.98 Å². The highest BCUT2D eigenvalue weighted by molar-refractivity contribution is 7.09. The lowest BCUT2D eigenvalue weighted by Crippen LogP contribution is -2.42. The van der Waals surface area contributed by atoms with Crippen LogP contribution in [0.2, 0.25) is 0 Å². The van der Waals surface area contributed by atoms with Crippen molar-refractivity contribution < 1.29 is 4.79 Å². The summed E-state index contributed by atoms with van der Waals surface area (Å²) in [7, 11) is 0. The van der Waals surface area contributed by atoms with Crippen LogP contribution in [-0.2, 0) is 16.6 Å². The van der Waals surface area contributed by atoms with E-state index < -0.39 is 0 Å². The molecule has 1 aliphatic rings. The highest BCUT2D eigenvalue weighted by Gasteiger charge is 2.31. The lowest BCUT2D eigenvalue weighted by molar-refractivity contribution is -0.121. The molecule has 0 saturated heterocycles. The SMILES string of the molecule is CC(C)(C)c1nc(CC(=O)NC(CN)C2CC2)cs1.Cl.Cl. The maximum absolute atomic E-state index is 12.0. The molecule has 1 aromatic heterocycles. The molecular formula is C14H25Cl2N3OS. The van der Waals surface area contributed by atoms with Crippen LogP contribution in [0.4, 0.5) is 0 Å². The van der Waals surface area contributed by atoms with Crippen molar-refractivity contribution in [1.29, 1.82) is 0 Å². The summed E-state index contributed by atoms with van der Waals surface area (Å²) in [5.41, 5.74) is 6.60. The third kappa shape index (κ3) is 6.10. The average Bonchev–Trinajstić information content (AvgIpc) is 3.04. The van der Waals surface area contributed by atoms with Crippen LogP contribution < -0.4 is 11.1 Å². The number of nitrogens with zero attached hydrogens (tertiary/aromatic N) is 1. The van der Waals surface area contributed by atoms with E-state index in [2.05, 4.69) is 31.1 Å². The van der Waals surface area contributed by atoms with Gasteiger partial charge in [-0.2, -0.15) is 0 Å². The van der Waals surface area contributed by atoms with Gasteiger partial charge in [0, 0.05) is 23.4 Å². The second kappa shape index (κ2) is 8.32. The molecule has 0 spiro atoms. The van der Waals surface area contributed by atoms with Crippen molar-refractivity contribution in [3.63, 3.8) is 0 Å². The highest BCUT2D eigenvalue weighted by Crippen LogP contribution is 2.32. The Morgan fingerprint density at radius 3 is 2.52 bits per heavy atom. The number of halogens is 2. The first-order chi connectivity index (χ1) is 8.90. The zero-order valence-corrected chi connectivity index (χ0v) is 15.2. The van der Waals surface area contributed by atoms with Crippen molar-refractivity contribution in [2.45, 2.75) is 51.5 Å². The fraction of sp³-hybridized carbons (Fsp3) is 0.714. The first-order valence-electron chi connectivity index (χ1n) is 6.84. The van der Waals surface area contributed by atoms with Crippen molar-refractivity contribution in [2.24, 2.45) is 11.7 Å². The lowest BCUT2D eigenvalue weighted by atomic mass is 9.98. The molecule has 0 aromatic carbocycles. The molecule has 1 aliphatic carbocycles. The van der Waals surface area contributed by atoms with Crippen molar-refractivity contribution in [3.8, 4) is 0 Å². The molecule has 1 atom stereocenters. The van der Waals surface area contributed by atoms with Crippen molar-refractivity contribution in [3.05, 3.63) is 16.1 Å². The molecule has 0 bridgehead atoms. The number of rotatable bonds is 5. The topological polar surface area (TPSA) is 68.0 Å². The van der Waals surface area contributed by atoms with E-state index in [1.165, 1.54) is 12.8 Å². The van der Waals surface area contributed by atoms with Gasteiger partial charge < -0.3 is 11.1 Å². The van der Waals surface area contributed by atoms with Crippen LogP contribution in [0.3, 0.4) is 0 Å². The Morgan fingerprint density at radius 1 is 1.48 bits per heavy atom. The molecule has 2 rings (SSSR count). The van der Waals surface area contributed by atoms with E-state index >= 15 is 0 Å². The number of thiazole rings is 1. The maximum Gasteiger partial charge on any atom is 0.226 e. The predicted molar refractivity (Wildman–Crippen MR) is 92.7 cm³/mol. The molecule has 3 N–H and O–H groups in total. The van der Waals surface area contributed by atoms with Crippen LogP contribution in [0.15, 0.2) is 5.38 Å². The molecule has 1 aromatic rings. The monoisotopic (exact) mass is 353 g/mol. The summed E-state index contributed by atoms with van der Waals surface area (Å²) >= 11 is 1.63. The van der Waals surface area contributed by atoms with E-state index in [0.717, 1.165) is 10.7 Å². The first kappa shape index (κ1) is 20.6. The van der Waals surface area contributed by atoms with E-state index in [9.17, 15) is 4.79 Å². The standard InChI is InChI=1S/C14H23N3OS.2ClH/c1-14(2,3)13-16-10(8-19-13)6-12(18)17-11(7-15)9-4-5-9;;/h8-9,11H,4-7,15H2,1-3H3,(H,17,18);2*1H. The van der Waals surface area contributed by atoms with Crippen LogP contribution in [-0.4, -0.2) is 23.5 Å². The lowest BCUT2D eigenvalue weighted by Gasteiger charge is -2.15. The summed E-state index contributed by atoms with van der Waals surface area (Å²) in [5.74, 6) is 0.627. The molecule has 1 unspecified atom stereocenters. The Bertz CT molecular complexity index is 455. The van der Waals surface area contributed by atoms with Gasteiger partial charge >= 0.3 is 0 Å². The zero-order valence-electron chi connectivity index (χ0n) is 12.7. The summed E-state index contributed by atoms with van der Waals surface area (Å²) in [5, 5.41) is 6.08. The van der Waals surface area contributed by atoms with Crippen LogP contribution in [0, 0.1) is 5.92 Å². The van der Waals surface area contributed by atoms with Gasteiger partial charge in [-0.3, -0.25) is 4.79 Å². The summed E-state index contributed by atoms with van der Waals surface area (Å²) in [6, 6.07) is 0.147. The molecule has 21 heavy (non-hydrogen) atoms. The first-order valence-corrected chi connectivity index (χ1v) is 7.72. The number of carbonyl (C=O) groups is 1. The van der Waals surface area contributed by atoms with Gasteiger partial charge in [0.05, 0.1) is 17.1 Å². The summed E-state index contributed by atoms with van der Waals surface area (Å²) < 4.78 is 0. The van der Waals surface area contributed by atoms with E-state index in [4.69, 9.17) is 5.73 Å². The molecule has 1 amide bonds. The molecular weight excluding hydrogens is 329 g/mol. The quantitative estimate of drug-likeness (QED) is 0.854. The molecule has 122 valence electrons. The van der Waals surface area contributed by atoms with Gasteiger partial charge in [-0.15, -0.1) is 36.2 Å². The fourth-order valence-electron chi connectivity index (χ4n) is 2.02. The van der Waals surface area contributed by atoms with Crippen LogP contribution in [0.25, 0.3) is 0 Å². The molecule has 1 saturated carbocycles. The molecule has 1 fully saturated rings. The van der Waals surface area contributed by atoms with Crippen molar-refractivity contribution >= 4 is 42.1 Å². The van der Waals surface area contributed by atoms with Gasteiger partial charge in [0.15, 0.2) is 0 Å². The van der Waals surface area contributed by atoms with Gasteiger partial charge in [-0.05, 0) is 18.8 Å². The number of hydrogen-bond donors (Lipinski definition) is 2. The molecule has 1 heterocycles. The number of nitrogens with two attached hydrogens (primary N) is 1. The van der Waals surface area contributed by atoms with Crippen molar-refractivity contribution in [1.82, 2.24) is 10.3 Å². The smallest absolute Gasteiger partial charge is 0.226 e. The Hall–Kier alpha value is -0.360. The minimum atomic E-state index is 0. The van der Waals surface area contributed by atoms with Gasteiger partial charge in [0.1, 0.15) is 0 Å². The third-order valence-corrected chi connectivity index (χ3v) is 4.64. The largest absolute Gasteiger partial charge is 0.351 e. The molecule has 7 heteroatoms. The fourth-order valence-corrected chi connectivity index (χ4v) is 2.93. The Balaban J connectivity index is 0.00000200. The number of carbonyl (C=O) groups excluding carboxylic acids is 1. The molecule has 4 nitrogen and oxygen atoms in total. The van der Waals surface area contributed by atoms with E-state index in [0.29, 0.717) is 18.9 Å². The van der Waals surface area contributed by atoms with Gasteiger partial charge in [0.2, 0.25) is 5.91 Å². The zero-order chi connectivity index (χ0) is 14.0. The highest BCUT2D eigenvalue weighted by atomic mass is 35.5. The molecule has 0 aliphatic heterocycles. The van der Waals surface area contributed by atoms with Crippen molar-refractivity contribution in [2.75, 3.05) is 6.54 Å². The van der Waals surface area contributed by atoms with Gasteiger partial charge in [0.25, 0.3) is 0 Å². The summed E-state index contributed by atoms with van der Waals surface area (Å²) in [4.78, 5) is 16.5. The average molecular weight is 354 g/mol.